The molecule has 0 saturated heterocycles. The Morgan fingerprint density at radius 3 is 2.77 bits per heavy atom. The van der Waals surface area contributed by atoms with Gasteiger partial charge in [-0.2, -0.15) is 0 Å². The van der Waals surface area contributed by atoms with Gasteiger partial charge in [0.05, 0.1) is 12.8 Å². The van der Waals surface area contributed by atoms with E-state index in [9.17, 15) is 4.79 Å². The van der Waals surface area contributed by atoms with E-state index in [1.165, 1.54) is 0 Å². The first-order valence-corrected chi connectivity index (χ1v) is 8.06. The third kappa shape index (κ3) is 2.43. The predicted octanol–water partition coefficient (Wildman–Crippen LogP) is 1.49. The van der Waals surface area contributed by atoms with Crippen LogP contribution in [-0.2, 0) is 10.5 Å². The van der Waals surface area contributed by atoms with Crippen LogP contribution in [0.15, 0.2) is 52.4 Å². The number of nitrogens with one attached hydrogen (secondary N) is 3. The Bertz CT molecular complexity index is 968. The average molecular weight is 350 g/mol. The first-order chi connectivity index (χ1) is 12.5. The fourth-order valence-corrected chi connectivity index (χ4v) is 3.09. The minimum atomic E-state index is -1.44. The Balaban J connectivity index is 1.78. The lowest BCUT2D eigenvalue weighted by molar-refractivity contribution is -0.120. The maximum atomic E-state index is 12.7. The Hall–Kier alpha value is -3.55. The van der Waals surface area contributed by atoms with E-state index >= 15 is 0 Å². The Labute approximate surface area is 150 Å². The van der Waals surface area contributed by atoms with Crippen LogP contribution in [0.1, 0.15) is 11.1 Å². The van der Waals surface area contributed by atoms with Gasteiger partial charge in [-0.25, -0.2) is 9.98 Å². The van der Waals surface area contributed by atoms with Crippen LogP contribution in [0.25, 0.3) is 0 Å². The lowest BCUT2D eigenvalue weighted by atomic mass is 10.0. The number of methoxy groups -OCH3 is 1. The second kappa shape index (κ2) is 5.76. The SMILES string of the molecule is COc1ccc(C)cc1NC1=N[C@]2(N=C(N)N1)C(=O)Nc1ccccc12. The summed E-state index contributed by atoms with van der Waals surface area (Å²) in [6.45, 7) is 1.97. The van der Waals surface area contributed by atoms with E-state index in [0.29, 0.717) is 28.6 Å². The first kappa shape index (κ1) is 15.9. The number of guanidine groups is 2. The number of benzene rings is 2. The summed E-state index contributed by atoms with van der Waals surface area (Å²) in [6, 6.07) is 13.0. The molecule has 2 aromatic rings. The van der Waals surface area contributed by atoms with Crippen molar-refractivity contribution in [2.45, 2.75) is 12.6 Å². The van der Waals surface area contributed by atoms with Crippen LogP contribution in [-0.4, -0.2) is 24.9 Å². The van der Waals surface area contributed by atoms with E-state index in [1.807, 2.05) is 49.4 Å². The number of ether oxygens (including phenoxy) is 1. The van der Waals surface area contributed by atoms with Crippen LogP contribution in [0.2, 0.25) is 0 Å². The number of anilines is 2. The molecule has 0 fully saturated rings. The van der Waals surface area contributed by atoms with Crippen LogP contribution >= 0.6 is 0 Å². The summed E-state index contributed by atoms with van der Waals surface area (Å²) in [6.07, 6.45) is 0. The van der Waals surface area contributed by atoms with Crippen molar-refractivity contribution in [2.24, 2.45) is 15.7 Å². The van der Waals surface area contributed by atoms with Crippen molar-refractivity contribution in [2.75, 3.05) is 17.7 Å². The van der Waals surface area contributed by atoms with Gasteiger partial charge in [-0.1, -0.05) is 24.3 Å². The predicted molar refractivity (Wildman–Crippen MR) is 100 cm³/mol. The molecule has 0 radical (unpaired) electrons. The molecule has 1 atom stereocenters. The number of hydrogen-bond donors (Lipinski definition) is 4. The number of nitrogens with two attached hydrogens (primary N) is 1. The van der Waals surface area contributed by atoms with Crippen LogP contribution < -0.4 is 26.4 Å². The monoisotopic (exact) mass is 350 g/mol. The molecule has 2 heterocycles. The van der Waals surface area contributed by atoms with Gasteiger partial charge in [-0.05, 0) is 30.7 Å². The molecule has 1 amide bonds. The van der Waals surface area contributed by atoms with Crippen molar-refractivity contribution < 1.29 is 9.53 Å². The normalized spacial score (nSPS) is 20.6. The molecule has 2 aliphatic heterocycles. The molecule has 8 nitrogen and oxygen atoms in total. The molecule has 0 bridgehead atoms. The van der Waals surface area contributed by atoms with Crippen molar-refractivity contribution in [3.8, 4) is 5.75 Å². The van der Waals surface area contributed by atoms with Crippen LogP contribution in [0.5, 0.6) is 5.75 Å². The molecule has 1 spiro atoms. The number of amides is 1. The summed E-state index contributed by atoms with van der Waals surface area (Å²) in [5, 5.41) is 8.82. The number of carbonyl (C=O) groups is 1. The van der Waals surface area contributed by atoms with Gasteiger partial charge in [0.1, 0.15) is 5.75 Å². The molecular weight excluding hydrogens is 332 g/mol. The van der Waals surface area contributed by atoms with Crippen LogP contribution in [0.4, 0.5) is 11.4 Å². The zero-order valence-electron chi connectivity index (χ0n) is 14.3. The molecule has 2 aromatic carbocycles. The van der Waals surface area contributed by atoms with E-state index in [1.54, 1.807) is 7.11 Å². The molecule has 26 heavy (non-hydrogen) atoms. The topological polar surface area (TPSA) is 113 Å². The molecular formula is C18H18N6O2. The fourth-order valence-electron chi connectivity index (χ4n) is 3.09. The average Bonchev–Trinajstić information content (AvgIpc) is 2.86. The zero-order chi connectivity index (χ0) is 18.3. The van der Waals surface area contributed by atoms with Gasteiger partial charge in [-0.15, -0.1) is 0 Å². The molecule has 0 aromatic heterocycles. The summed E-state index contributed by atoms with van der Waals surface area (Å²) < 4.78 is 5.38. The van der Waals surface area contributed by atoms with Gasteiger partial charge in [0.25, 0.3) is 11.6 Å². The number of aryl methyl sites for hydroxylation is 1. The number of para-hydroxylation sites is 1. The van der Waals surface area contributed by atoms with E-state index < -0.39 is 5.66 Å². The number of rotatable bonds is 2. The minimum Gasteiger partial charge on any atom is -0.495 e. The summed E-state index contributed by atoms with van der Waals surface area (Å²) in [5.74, 6) is 0.708. The molecule has 132 valence electrons. The highest BCUT2D eigenvalue weighted by Crippen LogP contribution is 2.41. The number of carbonyl (C=O) groups excluding carboxylic acids is 1. The number of aliphatic imine (C=N–C) groups is 2. The number of fused-ring (bicyclic) bond motifs is 2. The molecule has 5 N–H and O–H groups in total. The van der Waals surface area contributed by atoms with Crippen molar-refractivity contribution >= 4 is 29.2 Å². The first-order valence-electron chi connectivity index (χ1n) is 8.06. The summed E-state index contributed by atoms with van der Waals surface area (Å²) in [5.41, 5.74) is 7.60. The van der Waals surface area contributed by atoms with E-state index in [0.717, 1.165) is 5.56 Å². The van der Waals surface area contributed by atoms with Crippen molar-refractivity contribution in [1.82, 2.24) is 5.32 Å². The second-order valence-corrected chi connectivity index (χ2v) is 6.08. The molecule has 8 heteroatoms. The zero-order valence-corrected chi connectivity index (χ0v) is 14.3. The third-order valence-electron chi connectivity index (χ3n) is 4.28. The molecule has 0 aliphatic carbocycles. The van der Waals surface area contributed by atoms with Gasteiger partial charge in [0.15, 0.2) is 5.96 Å². The fraction of sp³-hybridized carbons (Fsp3) is 0.167. The van der Waals surface area contributed by atoms with Gasteiger partial charge in [-0.3, -0.25) is 10.1 Å². The van der Waals surface area contributed by atoms with E-state index in [2.05, 4.69) is 25.9 Å². The summed E-state index contributed by atoms with van der Waals surface area (Å²) in [4.78, 5) is 21.5. The van der Waals surface area contributed by atoms with Crippen molar-refractivity contribution in [3.63, 3.8) is 0 Å². The van der Waals surface area contributed by atoms with E-state index in [4.69, 9.17) is 10.5 Å². The number of nitrogens with zero attached hydrogens (tertiary/aromatic N) is 2. The van der Waals surface area contributed by atoms with E-state index in [-0.39, 0.29) is 11.9 Å². The summed E-state index contributed by atoms with van der Waals surface area (Å²) in [7, 11) is 1.59. The largest absolute Gasteiger partial charge is 0.495 e. The smallest absolute Gasteiger partial charge is 0.280 e. The standard InChI is InChI=1S/C18H18N6O2/c1-10-7-8-14(26-2)13(9-10)21-17-22-16(19)23-18(24-17)11-5-3-4-6-12(11)20-15(18)25/h3-9H,1-2H3,(H,20,25)(H4,19,21,22,23,24)/t18-/m0/s1. The van der Waals surface area contributed by atoms with Gasteiger partial charge < -0.3 is 21.1 Å². The maximum Gasteiger partial charge on any atom is 0.280 e. The molecule has 0 unspecified atom stereocenters. The molecule has 2 aliphatic rings. The van der Waals surface area contributed by atoms with Crippen LogP contribution in [0, 0.1) is 6.92 Å². The van der Waals surface area contributed by atoms with Gasteiger partial charge in [0.2, 0.25) is 5.96 Å². The highest BCUT2D eigenvalue weighted by molar-refractivity contribution is 6.13. The highest BCUT2D eigenvalue weighted by Gasteiger charge is 2.49. The summed E-state index contributed by atoms with van der Waals surface area (Å²) >= 11 is 0. The van der Waals surface area contributed by atoms with Crippen LogP contribution in [0.3, 0.4) is 0 Å². The Morgan fingerprint density at radius 1 is 1.15 bits per heavy atom. The highest BCUT2D eigenvalue weighted by atomic mass is 16.5. The molecule has 0 saturated carbocycles. The molecule has 4 rings (SSSR count). The van der Waals surface area contributed by atoms with Crippen molar-refractivity contribution in [3.05, 3.63) is 53.6 Å². The Kier molecular flexibility index (Phi) is 3.54. The van der Waals surface area contributed by atoms with Crippen molar-refractivity contribution in [1.29, 1.82) is 0 Å². The maximum absolute atomic E-state index is 12.7. The van der Waals surface area contributed by atoms with Gasteiger partial charge in [0, 0.05) is 11.3 Å². The third-order valence-corrected chi connectivity index (χ3v) is 4.28. The quantitative estimate of drug-likeness (QED) is 0.655. The Morgan fingerprint density at radius 2 is 1.96 bits per heavy atom. The lowest BCUT2D eigenvalue weighted by Crippen LogP contribution is -2.49. The number of hydrogen-bond acceptors (Lipinski definition) is 7. The second-order valence-electron chi connectivity index (χ2n) is 6.08. The lowest BCUT2D eigenvalue weighted by Gasteiger charge is -2.26. The minimum absolute atomic E-state index is 0.0981. The van der Waals surface area contributed by atoms with Gasteiger partial charge >= 0.3 is 0 Å².